The maximum Gasteiger partial charge on any atom is 0.270 e. The number of nitrogens with one attached hydrogen (secondary N) is 2. The van der Waals surface area contributed by atoms with Crippen LogP contribution >= 0.6 is 0 Å². The maximum absolute atomic E-state index is 11.8. The molecule has 1 aromatic rings. The van der Waals surface area contributed by atoms with E-state index >= 15 is 0 Å². The minimum atomic E-state index is -0.0995. The second kappa shape index (κ2) is 5.12. The molecular formula is C12H18N4O. The minimum absolute atomic E-state index is 0.0995. The van der Waals surface area contributed by atoms with E-state index in [0.717, 1.165) is 31.6 Å². The van der Waals surface area contributed by atoms with E-state index in [2.05, 4.69) is 27.5 Å². The molecule has 17 heavy (non-hydrogen) atoms. The van der Waals surface area contributed by atoms with Gasteiger partial charge in [-0.2, -0.15) is 0 Å². The van der Waals surface area contributed by atoms with Crippen molar-refractivity contribution in [3.8, 4) is 0 Å². The molecule has 2 rings (SSSR count). The summed E-state index contributed by atoms with van der Waals surface area (Å²) in [6.07, 6.45) is 3.18. The second-order valence-corrected chi connectivity index (χ2v) is 4.36. The predicted molar refractivity (Wildman–Crippen MR) is 66.0 cm³/mol. The molecule has 1 fully saturated rings. The van der Waals surface area contributed by atoms with Crippen LogP contribution in [-0.2, 0) is 0 Å². The fourth-order valence-corrected chi connectivity index (χ4v) is 1.51. The topological polar surface area (TPSA) is 66.9 Å². The highest BCUT2D eigenvalue weighted by atomic mass is 16.2. The van der Waals surface area contributed by atoms with Gasteiger partial charge in [0.15, 0.2) is 0 Å². The summed E-state index contributed by atoms with van der Waals surface area (Å²) in [6.45, 7) is 4.73. The molecule has 5 nitrogen and oxygen atoms in total. The molecule has 92 valence electrons. The van der Waals surface area contributed by atoms with Crippen LogP contribution in [0.5, 0.6) is 0 Å². The van der Waals surface area contributed by atoms with E-state index in [0.29, 0.717) is 17.6 Å². The smallest absolute Gasteiger partial charge is 0.270 e. The highest BCUT2D eigenvalue weighted by Crippen LogP contribution is 2.19. The van der Waals surface area contributed by atoms with Gasteiger partial charge in [0.2, 0.25) is 0 Å². The fraction of sp³-hybridized carbons (Fsp3) is 0.583. The van der Waals surface area contributed by atoms with Crippen molar-refractivity contribution in [2.45, 2.75) is 39.2 Å². The monoisotopic (exact) mass is 234 g/mol. The molecule has 0 atom stereocenters. The van der Waals surface area contributed by atoms with Crippen LogP contribution in [0.25, 0.3) is 0 Å². The predicted octanol–water partition coefficient (Wildman–Crippen LogP) is 1.50. The SMILES string of the molecule is CCCNc1cc(C(=O)NC2CC2)nc(C)n1. The van der Waals surface area contributed by atoms with E-state index in [1.54, 1.807) is 13.0 Å². The van der Waals surface area contributed by atoms with E-state index in [1.165, 1.54) is 0 Å². The molecular weight excluding hydrogens is 216 g/mol. The first-order chi connectivity index (χ1) is 8.19. The highest BCUT2D eigenvalue weighted by Gasteiger charge is 2.24. The summed E-state index contributed by atoms with van der Waals surface area (Å²) in [7, 11) is 0. The molecule has 1 saturated carbocycles. The normalized spacial score (nSPS) is 14.5. The van der Waals surface area contributed by atoms with Crippen LogP contribution < -0.4 is 10.6 Å². The third-order valence-electron chi connectivity index (χ3n) is 2.54. The van der Waals surface area contributed by atoms with Crippen molar-refractivity contribution in [3.05, 3.63) is 17.6 Å². The lowest BCUT2D eigenvalue weighted by Crippen LogP contribution is -2.26. The molecule has 0 radical (unpaired) electrons. The Morgan fingerprint density at radius 3 is 2.88 bits per heavy atom. The zero-order chi connectivity index (χ0) is 12.3. The molecule has 0 unspecified atom stereocenters. The summed E-state index contributed by atoms with van der Waals surface area (Å²) in [5, 5.41) is 6.09. The Balaban J connectivity index is 2.09. The van der Waals surface area contributed by atoms with Gasteiger partial charge in [0.25, 0.3) is 5.91 Å². The Hall–Kier alpha value is -1.65. The average molecular weight is 234 g/mol. The number of carbonyl (C=O) groups is 1. The van der Waals surface area contributed by atoms with Crippen LogP contribution in [0.4, 0.5) is 5.82 Å². The molecule has 1 aliphatic rings. The Morgan fingerprint density at radius 1 is 1.47 bits per heavy atom. The number of hydrogen-bond donors (Lipinski definition) is 2. The lowest BCUT2D eigenvalue weighted by molar-refractivity contribution is 0.0945. The van der Waals surface area contributed by atoms with Gasteiger partial charge < -0.3 is 10.6 Å². The zero-order valence-electron chi connectivity index (χ0n) is 10.3. The van der Waals surface area contributed by atoms with Crippen molar-refractivity contribution in [1.82, 2.24) is 15.3 Å². The third-order valence-corrected chi connectivity index (χ3v) is 2.54. The Labute approximate surface area is 101 Å². The Morgan fingerprint density at radius 2 is 2.24 bits per heavy atom. The maximum atomic E-state index is 11.8. The lowest BCUT2D eigenvalue weighted by Gasteiger charge is -2.07. The van der Waals surface area contributed by atoms with Gasteiger partial charge in [-0.3, -0.25) is 4.79 Å². The van der Waals surface area contributed by atoms with E-state index in [1.807, 2.05) is 0 Å². The van der Waals surface area contributed by atoms with Gasteiger partial charge in [-0.1, -0.05) is 6.92 Å². The van der Waals surface area contributed by atoms with Gasteiger partial charge in [0, 0.05) is 18.7 Å². The summed E-state index contributed by atoms with van der Waals surface area (Å²) < 4.78 is 0. The number of hydrogen-bond acceptors (Lipinski definition) is 4. The molecule has 1 amide bonds. The highest BCUT2D eigenvalue weighted by molar-refractivity contribution is 5.93. The minimum Gasteiger partial charge on any atom is -0.370 e. The molecule has 1 aliphatic carbocycles. The van der Waals surface area contributed by atoms with Crippen molar-refractivity contribution in [1.29, 1.82) is 0 Å². The number of anilines is 1. The first-order valence-electron chi connectivity index (χ1n) is 6.09. The van der Waals surface area contributed by atoms with Crippen LogP contribution in [0.1, 0.15) is 42.5 Å². The molecule has 2 N–H and O–H groups in total. The first-order valence-corrected chi connectivity index (χ1v) is 6.09. The van der Waals surface area contributed by atoms with Crippen molar-refractivity contribution >= 4 is 11.7 Å². The fourth-order valence-electron chi connectivity index (χ4n) is 1.51. The van der Waals surface area contributed by atoms with Crippen LogP contribution in [0, 0.1) is 6.92 Å². The van der Waals surface area contributed by atoms with Crippen molar-refractivity contribution in [3.63, 3.8) is 0 Å². The van der Waals surface area contributed by atoms with Crippen LogP contribution in [0.3, 0.4) is 0 Å². The number of carbonyl (C=O) groups excluding carboxylic acids is 1. The molecule has 1 heterocycles. The number of rotatable bonds is 5. The summed E-state index contributed by atoms with van der Waals surface area (Å²) in [5.41, 5.74) is 0.447. The van der Waals surface area contributed by atoms with Gasteiger partial charge in [-0.15, -0.1) is 0 Å². The van der Waals surface area contributed by atoms with Gasteiger partial charge in [-0.25, -0.2) is 9.97 Å². The second-order valence-electron chi connectivity index (χ2n) is 4.36. The molecule has 0 spiro atoms. The third kappa shape index (κ3) is 3.41. The number of aromatic nitrogens is 2. The Bertz CT molecular complexity index is 415. The number of amides is 1. The number of aryl methyl sites for hydroxylation is 1. The van der Waals surface area contributed by atoms with Crippen LogP contribution in [0.15, 0.2) is 6.07 Å². The summed E-state index contributed by atoms with van der Waals surface area (Å²) in [6, 6.07) is 2.06. The standard InChI is InChI=1S/C12H18N4O/c1-3-6-13-11-7-10(14-8(2)15-11)12(17)16-9-4-5-9/h7,9H,3-6H2,1-2H3,(H,16,17)(H,13,14,15). The molecule has 1 aromatic heterocycles. The molecule has 0 bridgehead atoms. The number of nitrogens with zero attached hydrogens (tertiary/aromatic N) is 2. The largest absolute Gasteiger partial charge is 0.370 e. The quantitative estimate of drug-likeness (QED) is 0.810. The van der Waals surface area contributed by atoms with Gasteiger partial charge in [0.1, 0.15) is 17.3 Å². The Kier molecular flexibility index (Phi) is 3.56. The van der Waals surface area contributed by atoms with E-state index in [9.17, 15) is 4.79 Å². The summed E-state index contributed by atoms with van der Waals surface area (Å²) >= 11 is 0. The van der Waals surface area contributed by atoms with E-state index in [-0.39, 0.29) is 5.91 Å². The molecule has 0 saturated heterocycles. The van der Waals surface area contributed by atoms with Crippen LogP contribution in [-0.4, -0.2) is 28.5 Å². The lowest BCUT2D eigenvalue weighted by atomic mass is 10.3. The van der Waals surface area contributed by atoms with Crippen LogP contribution in [0.2, 0.25) is 0 Å². The molecule has 0 aromatic carbocycles. The van der Waals surface area contributed by atoms with E-state index < -0.39 is 0 Å². The van der Waals surface area contributed by atoms with Crippen molar-refractivity contribution < 1.29 is 4.79 Å². The van der Waals surface area contributed by atoms with Gasteiger partial charge >= 0.3 is 0 Å². The molecule has 5 heteroatoms. The first kappa shape index (κ1) is 11.8. The summed E-state index contributed by atoms with van der Waals surface area (Å²) in [5.74, 6) is 1.24. The molecule has 0 aliphatic heterocycles. The van der Waals surface area contributed by atoms with Gasteiger partial charge in [-0.05, 0) is 26.2 Å². The summed E-state index contributed by atoms with van der Waals surface area (Å²) in [4.78, 5) is 20.2. The van der Waals surface area contributed by atoms with Gasteiger partial charge in [0.05, 0.1) is 0 Å². The van der Waals surface area contributed by atoms with Crippen molar-refractivity contribution in [2.75, 3.05) is 11.9 Å². The zero-order valence-corrected chi connectivity index (χ0v) is 10.3. The van der Waals surface area contributed by atoms with Crippen molar-refractivity contribution in [2.24, 2.45) is 0 Å². The van der Waals surface area contributed by atoms with E-state index in [4.69, 9.17) is 0 Å². The average Bonchev–Trinajstić information content (AvgIpc) is 3.09.